The second-order valence-electron chi connectivity index (χ2n) is 5.64. The molecule has 27 heavy (non-hydrogen) atoms. The van der Waals surface area contributed by atoms with Crippen LogP contribution in [0.1, 0.15) is 18.1 Å². The number of amides is 3. The first kappa shape index (κ1) is 18.7. The Morgan fingerprint density at radius 3 is 2.48 bits per heavy atom. The van der Waals surface area contributed by atoms with Crippen molar-refractivity contribution in [2.24, 2.45) is 0 Å². The zero-order chi connectivity index (χ0) is 19.4. The lowest BCUT2D eigenvalue weighted by molar-refractivity contribution is -0.115. The normalized spacial score (nSPS) is 14.9. The molecule has 0 unspecified atom stereocenters. The quantitative estimate of drug-likeness (QED) is 0.583. The number of benzene rings is 2. The van der Waals surface area contributed by atoms with Crippen molar-refractivity contribution in [1.29, 1.82) is 0 Å². The molecule has 0 aliphatic carbocycles. The Morgan fingerprint density at radius 1 is 1.11 bits per heavy atom. The van der Waals surface area contributed by atoms with E-state index in [9.17, 15) is 14.0 Å². The van der Waals surface area contributed by atoms with Crippen molar-refractivity contribution in [3.63, 3.8) is 0 Å². The Kier molecular flexibility index (Phi) is 5.61. The Hall–Kier alpha value is -3.06. The van der Waals surface area contributed by atoms with Crippen LogP contribution in [0.3, 0.4) is 0 Å². The Morgan fingerprint density at radius 2 is 1.85 bits per heavy atom. The molecular weight excluding hydrogens is 375 g/mol. The molecule has 2 aromatic rings. The minimum atomic E-state index is -0.582. The molecule has 0 saturated carbocycles. The fourth-order valence-corrected chi connectivity index (χ4v) is 2.73. The molecule has 0 spiro atoms. The minimum absolute atomic E-state index is 0.110. The van der Waals surface area contributed by atoms with Gasteiger partial charge in [0.15, 0.2) is 11.5 Å². The van der Waals surface area contributed by atoms with Crippen molar-refractivity contribution in [2.75, 3.05) is 6.61 Å². The van der Waals surface area contributed by atoms with Gasteiger partial charge in [-0.2, -0.15) is 0 Å². The van der Waals surface area contributed by atoms with Gasteiger partial charge in [-0.25, -0.2) is 9.18 Å². The molecule has 1 aliphatic rings. The molecule has 1 fully saturated rings. The molecule has 1 aliphatic heterocycles. The highest BCUT2D eigenvalue weighted by Gasteiger charge is 2.23. The van der Waals surface area contributed by atoms with Gasteiger partial charge in [0.05, 0.1) is 11.6 Å². The van der Waals surface area contributed by atoms with Crippen LogP contribution in [0.5, 0.6) is 11.5 Å². The van der Waals surface area contributed by atoms with Gasteiger partial charge in [0.25, 0.3) is 5.91 Å². The molecule has 2 aromatic carbocycles. The first-order valence-corrected chi connectivity index (χ1v) is 8.51. The SMILES string of the molecule is CCOc1cc(C=C2NC(=O)NC2=O)cc(Cl)c1OCc1ccc(F)cc1. The second-order valence-corrected chi connectivity index (χ2v) is 6.05. The summed E-state index contributed by atoms with van der Waals surface area (Å²) in [5, 5.41) is 4.80. The molecule has 6 nitrogen and oxygen atoms in total. The number of rotatable bonds is 6. The summed E-state index contributed by atoms with van der Waals surface area (Å²) in [4.78, 5) is 22.9. The predicted octanol–water partition coefficient (Wildman–Crippen LogP) is 3.64. The van der Waals surface area contributed by atoms with Gasteiger partial charge in [-0.15, -0.1) is 0 Å². The van der Waals surface area contributed by atoms with E-state index >= 15 is 0 Å². The van der Waals surface area contributed by atoms with Crippen molar-refractivity contribution in [1.82, 2.24) is 10.6 Å². The van der Waals surface area contributed by atoms with E-state index in [0.717, 1.165) is 5.56 Å². The molecule has 1 saturated heterocycles. The van der Waals surface area contributed by atoms with Crippen LogP contribution < -0.4 is 20.1 Å². The Balaban J connectivity index is 1.85. The van der Waals surface area contributed by atoms with E-state index in [0.29, 0.717) is 23.7 Å². The van der Waals surface area contributed by atoms with Crippen LogP contribution in [0.25, 0.3) is 6.08 Å². The fraction of sp³-hybridized carbons (Fsp3) is 0.158. The van der Waals surface area contributed by atoms with Crippen molar-refractivity contribution < 1.29 is 23.5 Å². The first-order chi connectivity index (χ1) is 13.0. The summed E-state index contributed by atoms with van der Waals surface area (Å²) in [7, 11) is 0. The number of carbonyl (C=O) groups excluding carboxylic acids is 2. The molecule has 3 rings (SSSR count). The number of carbonyl (C=O) groups is 2. The van der Waals surface area contributed by atoms with Crippen LogP contribution in [-0.4, -0.2) is 18.5 Å². The highest BCUT2D eigenvalue weighted by atomic mass is 35.5. The van der Waals surface area contributed by atoms with Crippen LogP contribution in [0.2, 0.25) is 5.02 Å². The zero-order valence-electron chi connectivity index (χ0n) is 14.3. The topological polar surface area (TPSA) is 76.7 Å². The molecular formula is C19H16ClFN2O4. The van der Waals surface area contributed by atoms with E-state index in [1.165, 1.54) is 18.2 Å². The molecule has 0 bridgehead atoms. The number of hydrogen-bond acceptors (Lipinski definition) is 4. The number of nitrogens with one attached hydrogen (secondary N) is 2. The monoisotopic (exact) mass is 390 g/mol. The second kappa shape index (κ2) is 8.09. The predicted molar refractivity (Wildman–Crippen MR) is 98.0 cm³/mol. The molecule has 0 aromatic heterocycles. The molecule has 2 N–H and O–H groups in total. The number of ether oxygens (including phenoxy) is 2. The summed E-state index contributed by atoms with van der Waals surface area (Å²) in [5.41, 5.74) is 1.44. The maximum Gasteiger partial charge on any atom is 0.326 e. The maximum absolute atomic E-state index is 13.0. The van der Waals surface area contributed by atoms with Gasteiger partial charge in [-0.05, 0) is 48.4 Å². The van der Waals surface area contributed by atoms with E-state index in [4.69, 9.17) is 21.1 Å². The molecule has 8 heteroatoms. The third-order valence-electron chi connectivity index (χ3n) is 3.66. The molecule has 0 atom stereocenters. The van der Waals surface area contributed by atoms with Crippen molar-refractivity contribution in [3.8, 4) is 11.5 Å². The van der Waals surface area contributed by atoms with Gasteiger partial charge in [0.1, 0.15) is 18.1 Å². The van der Waals surface area contributed by atoms with E-state index in [-0.39, 0.29) is 23.1 Å². The van der Waals surface area contributed by atoms with Gasteiger partial charge in [0, 0.05) is 0 Å². The first-order valence-electron chi connectivity index (χ1n) is 8.14. The van der Waals surface area contributed by atoms with Crippen LogP contribution in [0.4, 0.5) is 9.18 Å². The van der Waals surface area contributed by atoms with Crippen molar-refractivity contribution in [3.05, 3.63) is 64.1 Å². The van der Waals surface area contributed by atoms with Gasteiger partial charge in [0.2, 0.25) is 0 Å². The lowest BCUT2D eigenvalue weighted by atomic mass is 10.1. The van der Waals surface area contributed by atoms with E-state index in [1.807, 2.05) is 6.92 Å². The van der Waals surface area contributed by atoms with Crippen LogP contribution in [0, 0.1) is 5.82 Å². The van der Waals surface area contributed by atoms with E-state index in [1.54, 1.807) is 24.3 Å². The Labute approximate surface area is 159 Å². The minimum Gasteiger partial charge on any atom is -0.490 e. The number of halogens is 2. The summed E-state index contributed by atoms with van der Waals surface area (Å²) >= 11 is 6.33. The highest BCUT2D eigenvalue weighted by Crippen LogP contribution is 2.37. The summed E-state index contributed by atoms with van der Waals surface area (Å²) in [6.45, 7) is 2.37. The average molecular weight is 391 g/mol. The standard InChI is InChI=1S/C19H16ClFN2O4/c1-2-26-16-9-12(8-15-18(24)23-19(25)22-15)7-14(20)17(16)27-10-11-3-5-13(21)6-4-11/h3-9H,2,10H2,1H3,(H2,22,23,24,25). The Bertz CT molecular complexity index is 913. The molecule has 1 heterocycles. The summed E-state index contributed by atoms with van der Waals surface area (Å²) in [6, 6.07) is 8.59. The number of imide groups is 1. The molecule has 3 amide bonds. The summed E-state index contributed by atoms with van der Waals surface area (Å²) < 4.78 is 24.4. The zero-order valence-corrected chi connectivity index (χ0v) is 15.1. The van der Waals surface area contributed by atoms with Gasteiger partial charge >= 0.3 is 6.03 Å². The largest absolute Gasteiger partial charge is 0.490 e. The van der Waals surface area contributed by atoms with Crippen LogP contribution in [0.15, 0.2) is 42.1 Å². The van der Waals surface area contributed by atoms with Crippen LogP contribution in [-0.2, 0) is 11.4 Å². The van der Waals surface area contributed by atoms with Crippen LogP contribution >= 0.6 is 11.6 Å². The van der Waals surface area contributed by atoms with Gasteiger partial charge in [-0.1, -0.05) is 23.7 Å². The van der Waals surface area contributed by atoms with Crippen molar-refractivity contribution >= 4 is 29.6 Å². The lowest BCUT2D eigenvalue weighted by Crippen LogP contribution is -2.22. The summed E-state index contributed by atoms with van der Waals surface area (Å²) in [6.07, 6.45) is 1.48. The smallest absolute Gasteiger partial charge is 0.326 e. The number of urea groups is 1. The lowest BCUT2D eigenvalue weighted by Gasteiger charge is -2.14. The van der Waals surface area contributed by atoms with Gasteiger partial charge < -0.3 is 14.8 Å². The van der Waals surface area contributed by atoms with E-state index in [2.05, 4.69) is 10.6 Å². The maximum atomic E-state index is 13.0. The number of hydrogen-bond donors (Lipinski definition) is 2. The fourth-order valence-electron chi connectivity index (χ4n) is 2.46. The summed E-state index contributed by atoms with van der Waals surface area (Å²) in [5.74, 6) is -0.119. The van der Waals surface area contributed by atoms with E-state index < -0.39 is 11.9 Å². The third kappa shape index (κ3) is 4.57. The molecule has 0 radical (unpaired) electrons. The van der Waals surface area contributed by atoms with Gasteiger partial charge in [-0.3, -0.25) is 10.1 Å². The van der Waals surface area contributed by atoms with Crippen molar-refractivity contribution in [2.45, 2.75) is 13.5 Å². The average Bonchev–Trinajstić information content (AvgIpc) is 2.93. The molecule has 140 valence electrons. The highest BCUT2D eigenvalue weighted by molar-refractivity contribution is 6.32. The third-order valence-corrected chi connectivity index (χ3v) is 3.94.